The summed E-state index contributed by atoms with van der Waals surface area (Å²) < 4.78 is 28.5. The van der Waals surface area contributed by atoms with E-state index in [0.717, 1.165) is 25.1 Å². The minimum Gasteiger partial charge on any atom is -0.300 e. The summed E-state index contributed by atoms with van der Waals surface area (Å²) in [6, 6.07) is 4.18. The van der Waals surface area contributed by atoms with Crippen LogP contribution in [0.3, 0.4) is 0 Å². The molecule has 24 heavy (non-hydrogen) atoms. The zero-order valence-electron chi connectivity index (χ0n) is 15.2. The van der Waals surface area contributed by atoms with E-state index in [1.807, 2.05) is 6.92 Å². The molecule has 0 saturated carbocycles. The molecule has 1 nitrogen and oxygen atoms in total. The summed E-state index contributed by atoms with van der Waals surface area (Å²) in [6.07, 6.45) is 7.75. The number of likely N-dealkylation sites (tertiary alicyclic amines) is 1. The molecule has 1 heterocycles. The molecule has 2 rings (SSSR count). The Morgan fingerprint density at radius 1 is 1.17 bits per heavy atom. The van der Waals surface area contributed by atoms with Gasteiger partial charge in [0.2, 0.25) is 0 Å². The van der Waals surface area contributed by atoms with Gasteiger partial charge in [-0.3, -0.25) is 0 Å². The first kappa shape index (κ1) is 19.1. The smallest absolute Gasteiger partial charge is 0.162 e. The van der Waals surface area contributed by atoms with E-state index in [1.165, 1.54) is 25.7 Å². The summed E-state index contributed by atoms with van der Waals surface area (Å²) in [5.74, 6) is -1.32. The SMILES string of the molecule is C=C(C)CCc1ccc(CCCN2CCCCC2CC)c(F)c1F. The molecule has 0 spiro atoms. The molecule has 134 valence electrons. The van der Waals surface area contributed by atoms with Crippen molar-refractivity contribution in [2.24, 2.45) is 0 Å². The van der Waals surface area contributed by atoms with E-state index >= 15 is 0 Å². The molecule has 0 amide bonds. The topological polar surface area (TPSA) is 3.24 Å². The van der Waals surface area contributed by atoms with Gasteiger partial charge in [0, 0.05) is 6.04 Å². The molecule has 0 aliphatic carbocycles. The van der Waals surface area contributed by atoms with Gasteiger partial charge < -0.3 is 4.90 Å². The summed E-state index contributed by atoms with van der Waals surface area (Å²) in [6.45, 7) is 10.1. The first-order valence-corrected chi connectivity index (χ1v) is 9.37. The lowest BCUT2D eigenvalue weighted by Crippen LogP contribution is -2.39. The fourth-order valence-corrected chi connectivity index (χ4v) is 3.65. The Bertz CT molecular complexity index is 553. The molecule has 1 aromatic carbocycles. The molecule has 0 aromatic heterocycles. The van der Waals surface area contributed by atoms with Gasteiger partial charge in [-0.1, -0.05) is 31.1 Å². The molecule has 0 bridgehead atoms. The van der Waals surface area contributed by atoms with Crippen LogP contribution in [0.1, 0.15) is 63.5 Å². The Morgan fingerprint density at radius 2 is 1.83 bits per heavy atom. The predicted octanol–water partition coefficient (Wildman–Crippen LogP) is 5.67. The Morgan fingerprint density at radius 3 is 2.46 bits per heavy atom. The molecule has 1 fully saturated rings. The van der Waals surface area contributed by atoms with Crippen LogP contribution < -0.4 is 0 Å². The summed E-state index contributed by atoms with van der Waals surface area (Å²) in [5, 5.41) is 0. The number of allylic oxidation sites excluding steroid dienone is 1. The van der Waals surface area contributed by atoms with Crippen LogP contribution in [-0.2, 0) is 12.8 Å². The number of halogens is 2. The number of hydrogen-bond acceptors (Lipinski definition) is 1. The van der Waals surface area contributed by atoms with E-state index in [1.54, 1.807) is 12.1 Å². The predicted molar refractivity (Wildman–Crippen MR) is 97.3 cm³/mol. The van der Waals surface area contributed by atoms with Gasteiger partial charge in [-0.25, -0.2) is 8.78 Å². The van der Waals surface area contributed by atoms with Crippen molar-refractivity contribution in [3.8, 4) is 0 Å². The molecule has 1 aliphatic heterocycles. The van der Waals surface area contributed by atoms with E-state index in [0.29, 0.717) is 36.4 Å². The molecular weight excluding hydrogens is 304 g/mol. The number of hydrogen-bond donors (Lipinski definition) is 0. The third kappa shape index (κ3) is 5.14. The first-order chi connectivity index (χ1) is 11.5. The maximum atomic E-state index is 14.3. The van der Waals surface area contributed by atoms with Crippen molar-refractivity contribution in [1.82, 2.24) is 4.90 Å². The fourth-order valence-electron chi connectivity index (χ4n) is 3.65. The second kappa shape index (κ2) is 9.31. The van der Waals surface area contributed by atoms with Crippen molar-refractivity contribution < 1.29 is 8.78 Å². The number of benzene rings is 1. The molecule has 0 radical (unpaired) electrons. The minimum absolute atomic E-state index is 0.460. The van der Waals surface area contributed by atoms with E-state index in [2.05, 4.69) is 18.4 Å². The number of piperidine rings is 1. The Kier molecular flexibility index (Phi) is 7.41. The summed E-state index contributed by atoms with van der Waals surface area (Å²) in [7, 11) is 0. The third-order valence-corrected chi connectivity index (χ3v) is 5.18. The Labute approximate surface area is 145 Å². The lowest BCUT2D eigenvalue weighted by atomic mass is 9.98. The van der Waals surface area contributed by atoms with Crippen molar-refractivity contribution >= 4 is 0 Å². The van der Waals surface area contributed by atoms with Crippen LogP contribution in [0.2, 0.25) is 0 Å². The molecule has 0 N–H and O–H groups in total. The Hall–Kier alpha value is -1.22. The monoisotopic (exact) mass is 335 g/mol. The van der Waals surface area contributed by atoms with Crippen molar-refractivity contribution in [3.05, 3.63) is 47.0 Å². The van der Waals surface area contributed by atoms with E-state index in [9.17, 15) is 8.78 Å². The van der Waals surface area contributed by atoms with Gasteiger partial charge in [0.05, 0.1) is 0 Å². The highest BCUT2D eigenvalue weighted by Crippen LogP contribution is 2.22. The normalized spacial score (nSPS) is 18.8. The van der Waals surface area contributed by atoms with E-state index in [4.69, 9.17) is 0 Å². The van der Waals surface area contributed by atoms with Crippen LogP contribution in [-0.4, -0.2) is 24.0 Å². The summed E-state index contributed by atoms with van der Waals surface area (Å²) in [4.78, 5) is 2.53. The Balaban J connectivity index is 1.90. The second-order valence-electron chi connectivity index (χ2n) is 7.17. The third-order valence-electron chi connectivity index (χ3n) is 5.18. The molecule has 1 aliphatic rings. The second-order valence-corrected chi connectivity index (χ2v) is 7.17. The maximum Gasteiger partial charge on any atom is 0.162 e. The van der Waals surface area contributed by atoms with Crippen molar-refractivity contribution in [2.45, 2.75) is 71.3 Å². The quantitative estimate of drug-likeness (QED) is 0.553. The highest BCUT2D eigenvalue weighted by Gasteiger charge is 2.20. The standard InChI is InChI=1S/C21H31F2N/c1-4-19-9-5-6-14-24(19)15-7-8-17-12-13-18(11-10-16(2)3)21(23)20(17)22/h12-13,19H,2,4-11,14-15H2,1,3H3. The highest BCUT2D eigenvalue weighted by atomic mass is 19.2. The van der Waals surface area contributed by atoms with Crippen LogP contribution in [0.25, 0.3) is 0 Å². The summed E-state index contributed by atoms with van der Waals surface area (Å²) >= 11 is 0. The molecular formula is C21H31F2N. The van der Waals surface area contributed by atoms with Gasteiger partial charge in [0.15, 0.2) is 11.6 Å². The van der Waals surface area contributed by atoms with Gasteiger partial charge in [-0.2, -0.15) is 0 Å². The first-order valence-electron chi connectivity index (χ1n) is 9.37. The van der Waals surface area contributed by atoms with E-state index in [-0.39, 0.29) is 0 Å². The number of aryl methyl sites for hydroxylation is 2. The number of nitrogens with zero attached hydrogens (tertiary/aromatic N) is 1. The van der Waals surface area contributed by atoms with Gasteiger partial charge in [-0.15, -0.1) is 6.58 Å². The van der Waals surface area contributed by atoms with Crippen LogP contribution in [0, 0.1) is 11.6 Å². The van der Waals surface area contributed by atoms with Crippen LogP contribution in [0.4, 0.5) is 8.78 Å². The zero-order chi connectivity index (χ0) is 17.5. The van der Waals surface area contributed by atoms with Crippen LogP contribution in [0.15, 0.2) is 24.3 Å². The van der Waals surface area contributed by atoms with Crippen molar-refractivity contribution in [1.29, 1.82) is 0 Å². The van der Waals surface area contributed by atoms with Crippen molar-refractivity contribution in [2.75, 3.05) is 13.1 Å². The van der Waals surface area contributed by atoms with Gasteiger partial charge >= 0.3 is 0 Å². The average molecular weight is 335 g/mol. The average Bonchev–Trinajstić information content (AvgIpc) is 2.58. The van der Waals surface area contributed by atoms with E-state index < -0.39 is 11.6 Å². The van der Waals surface area contributed by atoms with Gasteiger partial charge in [-0.05, 0) is 76.1 Å². The molecule has 1 atom stereocenters. The fraction of sp³-hybridized carbons (Fsp3) is 0.619. The molecule has 1 unspecified atom stereocenters. The molecule has 1 saturated heterocycles. The highest BCUT2D eigenvalue weighted by molar-refractivity contribution is 5.27. The largest absolute Gasteiger partial charge is 0.300 e. The lowest BCUT2D eigenvalue weighted by Gasteiger charge is -2.35. The van der Waals surface area contributed by atoms with Crippen LogP contribution in [0.5, 0.6) is 0 Å². The van der Waals surface area contributed by atoms with Gasteiger partial charge in [0.25, 0.3) is 0 Å². The maximum absolute atomic E-state index is 14.3. The number of rotatable bonds is 8. The van der Waals surface area contributed by atoms with Gasteiger partial charge in [0.1, 0.15) is 0 Å². The lowest BCUT2D eigenvalue weighted by molar-refractivity contribution is 0.142. The zero-order valence-corrected chi connectivity index (χ0v) is 15.2. The minimum atomic E-state index is -0.668. The van der Waals surface area contributed by atoms with Crippen molar-refractivity contribution in [3.63, 3.8) is 0 Å². The molecule has 3 heteroatoms. The van der Waals surface area contributed by atoms with Crippen LogP contribution >= 0.6 is 0 Å². The molecule has 1 aromatic rings. The summed E-state index contributed by atoms with van der Waals surface area (Å²) in [5.41, 5.74) is 1.96.